The zero-order valence-electron chi connectivity index (χ0n) is 9.47. The van der Waals surface area contributed by atoms with E-state index in [1.807, 2.05) is 36.4 Å². The van der Waals surface area contributed by atoms with Crippen LogP contribution in [0.4, 0.5) is 0 Å². The van der Waals surface area contributed by atoms with Gasteiger partial charge in [0.05, 0.1) is 0 Å². The summed E-state index contributed by atoms with van der Waals surface area (Å²) < 4.78 is 5.60. The minimum Gasteiger partial charge on any atom is -0.508 e. The van der Waals surface area contributed by atoms with Gasteiger partial charge in [-0.05, 0) is 23.3 Å². The van der Waals surface area contributed by atoms with Gasteiger partial charge in [0.15, 0.2) is 0 Å². The van der Waals surface area contributed by atoms with E-state index in [1.165, 1.54) is 0 Å². The van der Waals surface area contributed by atoms with Gasteiger partial charge in [0.2, 0.25) is 0 Å². The van der Waals surface area contributed by atoms with Crippen LogP contribution >= 0.6 is 0 Å². The number of phenols is 1. The quantitative estimate of drug-likeness (QED) is 0.846. The largest absolute Gasteiger partial charge is 0.508 e. The molecule has 0 radical (unpaired) electrons. The second-order valence-corrected chi connectivity index (χ2v) is 3.81. The molecule has 2 aromatic rings. The molecule has 0 aromatic heterocycles. The fraction of sp³-hybridized carbons (Fsp3) is 0.143. The maximum absolute atomic E-state index is 9.49. The van der Waals surface area contributed by atoms with E-state index in [4.69, 9.17) is 10.5 Å². The molecule has 0 saturated carbocycles. The van der Waals surface area contributed by atoms with Crippen LogP contribution in [0.3, 0.4) is 0 Å². The average molecular weight is 229 g/mol. The summed E-state index contributed by atoms with van der Waals surface area (Å²) in [6, 6.07) is 14.9. The van der Waals surface area contributed by atoms with Crippen molar-refractivity contribution in [1.82, 2.24) is 0 Å². The summed E-state index contributed by atoms with van der Waals surface area (Å²) in [5.41, 5.74) is 7.47. The lowest BCUT2D eigenvalue weighted by Crippen LogP contribution is -1.99. The molecular formula is C14H15NO2. The van der Waals surface area contributed by atoms with Crippen molar-refractivity contribution in [3.05, 3.63) is 59.7 Å². The molecule has 0 bridgehead atoms. The normalized spacial score (nSPS) is 10.2. The molecule has 3 nitrogen and oxygen atoms in total. The SMILES string of the molecule is NCc1cc(O)cc(OCc2ccccc2)c1. The Labute approximate surface area is 100 Å². The summed E-state index contributed by atoms with van der Waals surface area (Å²) in [5.74, 6) is 0.810. The Morgan fingerprint density at radius 2 is 1.76 bits per heavy atom. The number of rotatable bonds is 4. The van der Waals surface area contributed by atoms with Gasteiger partial charge < -0.3 is 15.6 Å². The number of hydrogen-bond acceptors (Lipinski definition) is 3. The van der Waals surface area contributed by atoms with Gasteiger partial charge in [0, 0.05) is 12.6 Å². The number of benzene rings is 2. The number of aromatic hydroxyl groups is 1. The van der Waals surface area contributed by atoms with Crippen molar-refractivity contribution >= 4 is 0 Å². The minimum absolute atomic E-state index is 0.177. The number of phenolic OH excluding ortho intramolecular Hbond substituents is 1. The van der Waals surface area contributed by atoms with Crippen LogP contribution in [0.25, 0.3) is 0 Å². The molecule has 2 aromatic carbocycles. The van der Waals surface area contributed by atoms with Gasteiger partial charge >= 0.3 is 0 Å². The summed E-state index contributed by atoms with van der Waals surface area (Å²) in [5, 5.41) is 9.49. The molecule has 0 spiro atoms. The molecule has 3 heteroatoms. The highest BCUT2D eigenvalue weighted by Crippen LogP contribution is 2.22. The monoisotopic (exact) mass is 229 g/mol. The lowest BCUT2D eigenvalue weighted by molar-refractivity contribution is 0.304. The van der Waals surface area contributed by atoms with Crippen LogP contribution in [0.15, 0.2) is 48.5 Å². The fourth-order valence-electron chi connectivity index (χ4n) is 1.59. The van der Waals surface area contributed by atoms with E-state index < -0.39 is 0 Å². The molecule has 17 heavy (non-hydrogen) atoms. The second kappa shape index (κ2) is 5.37. The van der Waals surface area contributed by atoms with E-state index in [1.54, 1.807) is 12.1 Å². The van der Waals surface area contributed by atoms with E-state index >= 15 is 0 Å². The van der Waals surface area contributed by atoms with Crippen LogP contribution in [0.2, 0.25) is 0 Å². The van der Waals surface area contributed by atoms with Crippen LogP contribution in [0, 0.1) is 0 Å². The first kappa shape index (κ1) is 11.5. The maximum Gasteiger partial charge on any atom is 0.123 e. The van der Waals surface area contributed by atoms with E-state index in [9.17, 15) is 5.11 Å². The molecule has 0 unspecified atom stereocenters. The van der Waals surface area contributed by atoms with Gasteiger partial charge in [-0.3, -0.25) is 0 Å². The van der Waals surface area contributed by atoms with Gasteiger partial charge in [-0.25, -0.2) is 0 Å². The highest BCUT2D eigenvalue weighted by atomic mass is 16.5. The minimum atomic E-state index is 0.177. The fourth-order valence-corrected chi connectivity index (χ4v) is 1.59. The first-order valence-electron chi connectivity index (χ1n) is 5.47. The molecule has 0 aliphatic heterocycles. The maximum atomic E-state index is 9.49. The van der Waals surface area contributed by atoms with Crippen LogP contribution < -0.4 is 10.5 Å². The molecule has 0 aliphatic carbocycles. The highest BCUT2D eigenvalue weighted by Gasteiger charge is 2.00. The molecule has 3 N–H and O–H groups in total. The third kappa shape index (κ3) is 3.23. The number of ether oxygens (including phenoxy) is 1. The lowest BCUT2D eigenvalue weighted by atomic mass is 10.2. The van der Waals surface area contributed by atoms with Crippen molar-refractivity contribution in [1.29, 1.82) is 0 Å². The Bertz CT molecular complexity index is 483. The first-order valence-corrected chi connectivity index (χ1v) is 5.47. The standard InChI is InChI=1S/C14H15NO2/c15-9-12-6-13(16)8-14(7-12)17-10-11-4-2-1-3-5-11/h1-8,16H,9-10,15H2. The summed E-state index contributed by atoms with van der Waals surface area (Å²) >= 11 is 0. The third-order valence-electron chi connectivity index (χ3n) is 2.44. The molecule has 0 saturated heterocycles. The second-order valence-electron chi connectivity index (χ2n) is 3.81. The lowest BCUT2D eigenvalue weighted by Gasteiger charge is -2.08. The summed E-state index contributed by atoms with van der Waals surface area (Å²) in [6.07, 6.45) is 0. The smallest absolute Gasteiger partial charge is 0.123 e. The van der Waals surface area contributed by atoms with Crippen LogP contribution in [-0.4, -0.2) is 5.11 Å². The molecule has 2 rings (SSSR count). The van der Waals surface area contributed by atoms with Crippen molar-refractivity contribution in [3.8, 4) is 11.5 Å². The van der Waals surface area contributed by atoms with Crippen molar-refractivity contribution < 1.29 is 9.84 Å². The van der Waals surface area contributed by atoms with E-state index in [0.717, 1.165) is 11.1 Å². The Morgan fingerprint density at radius 3 is 2.47 bits per heavy atom. The summed E-state index contributed by atoms with van der Waals surface area (Å²) in [6.45, 7) is 0.865. The topological polar surface area (TPSA) is 55.5 Å². The molecule has 88 valence electrons. The third-order valence-corrected chi connectivity index (χ3v) is 2.44. The molecule has 0 heterocycles. The van der Waals surface area contributed by atoms with Gasteiger partial charge in [-0.1, -0.05) is 30.3 Å². The number of nitrogens with two attached hydrogens (primary N) is 1. The van der Waals surface area contributed by atoms with Gasteiger partial charge in [-0.2, -0.15) is 0 Å². The molecule has 0 amide bonds. The van der Waals surface area contributed by atoms with Crippen LogP contribution in [0.5, 0.6) is 11.5 Å². The zero-order chi connectivity index (χ0) is 12.1. The van der Waals surface area contributed by atoms with E-state index in [-0.39, 0.29) is 5.75 Å². The van der Waals surface area contributed by atoms with Crippen molar-refractivity contribution in [2.75, 3.05) is 0 Å². The molecule has 0 fully saturated rings. The first-order chi connectivity index (χ1) is 8.28. The van der Waals surface area contributed by atoms with E-state index in [0.29, 0.717) is 18.9 Å². The summed E-state index contributed by atoms with van der Waals surface area (Å²) in [4.78, 5) is 0. The van der Waals surface area contributed by atoms with Crippen molar-refractivity contribution in [3.63, 3.8) is 0 Å². The van der Waals surface area contributed by atoms with Gasteiger partial charge in [0.25, 0.3) is 0 Å². The zero-order valence-corrected chi connectivity index (χ0v) is 9.47. The van der Waals surface area contributed by atoms with E-state index in [2.05, 4.69) is 0 Å². The van der Waals surface area contributed by atoms with Gasteiger partial charge in [-0.15, -0.1) is 0 Å². The molecular weight excluding hydrogens is 214 g/mol. The average Bonchev–Trinajstić information content (AvgIpc) is 2.37. The Hall–Kier alpha value is -2.00. The summed E-state index contributed by atoms with van der Waals surface area (Å²) in [7, 11) is 0. The predicted octanol–water partition coefficient (Wildman–Crippen LogP) is 2.43. The Balaban J connectivity index is 2.06. The predicted molar refractivity (Wildman–Crippen MR) is 66.8 cm³/mol. The Morgan fingerprint density at radius 1 is 1.00 bits per heavy atom. The van der Waals surface area contributed by atoms with Crippen LogP contribution in [-0.2, 0) is 13.2 Å². The van der Waals surface area contributed by atoms with Crippen molar-refractivity contribution in [2.45, 2.75) is 13.2 Å². The molecule has 0 aliphatic rings. The molecule has 0 atom stereocenters. The highest BCUT2D eigenvalue weighted by molar-refractivity contribution is 5.37. The Kier molecular flexibility index (Phi) is 3.62. The van der Waals surface area contributed by atoms with Crippen molar-refractivity contribution in [2.24, 2.45) is 5.73 Å². The number of hydrogen-bond donors (Lipinski definition) is 2. The van der Waals surface area contributed by atoms with Gasteiger partial charge in [0.1, 0.15) is 18.1 Å². The van der Waals surface area contributed by atoms with Crippen LogP contribution in [0.1, 0.15) is 11.1 Å².